The van der Waals surface area contributed by atoms with E-state index in [-0.39, 0.29) is 6.42 Å². The van der Waals surface area contributed by atoms with E-state index in [1.165, 1.54) is 6.07 Å². The number of hydrogen-bond donors (Lipinski definition) is 0. The maximum absolute atomic E-state index is 12.8. The molecule has 0 aliphatic carbocycles. The Morgan fingerprint density at radius 3 is 2.38 bits per heavy atom. The number of nitrogens with zero attached hydrogens (tertiary/aromatic N) is 1. The molecule has 0 spiro atoms. The van der Waals surface area contributed by atoms with Gasteiger partial charge in [0, 0.05) is 6.42 Å². The molecule has 0 N–H and O–H groups in total. The fourth-order valence-corrected chi connectivity index (χ4v) is 2.00. The molecule has 0 heterocycles. The zero-order valence-corrected chi connectivity index (χ0v) is 8.07. The molecule has 0 rings (SSSR count). The van der Waals surface area contributed by atoms with Crippen LogP contribution in [0.25, 0.3) is 0 Å². The number of rotatable bonds is 5. The van der Waals surface area contributed by atoms with Gasteiger partial charge in [0.2, 0.25) is 0 Å². The van der Waals surface area contributed by atoms with Crippen molar-refractivity contribution in [2.75, 3.05) is 11.5 Å². The molecule has 0 aromatic heterocycles. The normalized spacial score (nSPS) is 12.5. The number of halogens is 2. The lowest BCUT2D eigenvalue weighted by atomic mass is 10.2. The summed E-state index contributed by atoms with van der Waals surface area (Å²) in [7, 11) is -3.92. The van der Waals surface area contributed by atoms with Crippen LogP contribution in [0.3, 0.4) is 0 Å². The van der Waals surface area contributed by atoms with Crippen LogP contribution in [0.5, 0.6) is 0 Å². The van der Waals surface area contributed by atoms with Gasteiger partial charge in [-0.1, -0.05) is 13.3 Å². The highest BCUT2D eigenvalue weighted by Crippen LogP contribution is 2.22. The summed E-state index contributed by atoms with van der Waals surface area (Å²) in [4.78, 5) is 0. The van der Waals surface area contributed by atoms with Gasteiger partial charge >= 0.3 is 0 Å². The third-order valence-corrected chi connectivity index (χ3v) is 2.76. The van der Waals surface area contributed by atoms with E-state index < -0.39 is 33.7 Å². The third kappa shape index (κ3) is 5.53. The van der Waals surface area contributed by atoms with Gasteiger partial charge in [0.05, 0.1) is 6.07 Å². The Morgan fingerprint density at radius 1 is 1.46 bits per heavy atom. The quantitative estimate of drug-likeness (QED) is 0.689. The Morgan fingerprint density at radius 2 is 2.00 bits per heavy atom. The first kappa shape index (κ1) is 12.3. The first-order valence-electron chi connectivity index (χ1n) is 3.78. The first-order chi connectivity index (χ1) is 5.83. The van der Waals surface area contributed by atoms with Crippen LogP contribution in [-0.2, 0) is 9.84 Å². The molecule has 6 heteroatoms. The zero-order valence-electron chi connectivity index (χ0n) is 7.26. The minimum atomic E-state index is -3.92. The summed E-state index contributed by atoms with van der Waals surface area (Å²) in [5.74, 6) is -5.27. The third-order valence-electron chi connectivity index (χ3n) is 1.33. The average Bonchev–Trinajstić information content (AvgIpc) is 1.82. The molecule has 3 nitrogen and oxygen atoms in total. The number of hydrogen-bond acceptors (Lipinski definition) is 3. The minimum Gasteiger partial charge on any atom is -0.228 e. The lowest BCUT2D eigenvalue weighted by Gasteiger charge is -2.13. The summed E-state index contributed by atoms with van der Waals surface area (Å²) >= 11 is 0. The van der Waals surface area contributed by atoms with Crippen LogP contribution in [0.1, 0.15) is 19.8 Å². The molecule has 0 unspecified atom stereocenters. The zero-order chi connectivity index (χ0) is 10.5. The van der Waals surface area contributed by atoms with Crippen molar-refractivity contribution < 1.29 is 17.2 Å². The number of alkyl halides is 2. The van der Waals surface area contributed by atoms with Crippen LogP contribution in [0.4, 0.5) is 8.78 Å². The predicted octanol–water partition coefficient (Wildman–Crippen LogP) is 1.36. The van der Waals surface area contributed by atoms with Crippen molar-refractivity contribution in [1.82, 2.24) is 0 Å². The maximum Gasteiger partial charge on any atom is 0.261 e. The molecule has 13 heavy (non-hydrogen) atoms. The van der Waals surface area contributed by atoms with E-state index in [0.29, 0.717) is 0 Å². The molecule has 0 amide bonds. The molecule has 0 atom stereocenters. The molecule has 0 aromatic rings. The van der Waals surface area contributed by atoms with Crippen molar-refractivity contribution in [3.05, 3.63) is 0 Å². The largest absolute Gasteiger partial charge is 0.261 e. The highest BCUT2D eigenvalue weighted by molar-refractivity contribution is 7.91. The summed E-state index contributed by atoms with van der Waals surface area (Å²) in [5.41, 5.74) is 0. The molecular formula is C7H11F2NO2S. The van der Waals surface area contributed by atoms with Crippen molar-refractivity contribution in [2.45, 2.75) is 25.7 Å². The van der Waals surface area contributed by atoms with E-state index in [4.69, 9.17) is 5.26 Å². The summed E-state index contributed by atoms with van der Waals surface area (Å²) in [6.45, 7) is 1.55. The standard InChI is InChI=1S/C7H11F2NO2S/c1-2-3-7(8,9)6-13(11,12)5-4-10/h2-3,5-6H2,1H3. The minimum absolute atomic E-state index is 0.217. The number of nitriles is 1. The van der Waals surface area contributed by atoms with E-state index in [1.54, 1.807) is 6.92 Å². The van der Waals surface area contributed by atoms with E-state index >= 15 is 0 Å². The fraction of sp³-hybridized carbons (Fsp3) is 0.857. The van der Waals surface area contributed by atoms with Crippen LogP contribution >= 0.6 is 0 Å². The van der Waals surface area contributed by atoms with Crippen molar-refractivity contribution >= 4 is 9.84 Å². The second-order valence-corrected chi connectivity index (χ2v) is 4.86. The summed E-state index contributed by atoms with van der Waals surface area (Å²) in [6.07, 6.45) is -0.243. The van der Waals surface area contributed by atoms with Gasteiger partial charge in [0.25, 0.3) is 5.92 Å². The van der Waals surface area contributed by atoms with Crippen molar-refractivity contribution in [2.24, 2.45) is 0 Å². The van der Waals surface area contributed by atoms with Gasteiger partial charge in [0.15, 0.2) is 9.84 Å². The van der Waals surface area contributed by atoms with Gasteiger partial charge in [-0.05, 0) is 0 Å². The first-order valence-corrected chi connectivity index (χ1v) is 5.60. The second-order valence-electron chi connectivity index (χ2n) is 2.80. The van der Waals surface area contributed by atoms with Gasteiger partial charge in [0.1, 0.15) is 11.5 Å². The molecule has 0 aliphatic rings. The van der Waals surface area contributed by atoms with E-state index in [9.17, 15) is 17.2 Å². The summed E-state index contributed by atoms with van der Waals surface area (Å²) in [5, 5.41) is 8.05. The van der Waals surface area contributed by atoms with Gasteiger partial charge in [-0.25, -0.2) is 17.2 Å². The van der Waals surface area contributed by atoms with E-state index in [2.05, 4.69) is 0 Å². The van der Waals surface area contributed by atoms with Crippen molar-refractivity contribution in [3.63, 3.8) is 0 Å². The molecular weight excluding hydrogens is 200 g/mol. The van der Waals surface area contributed by atoms with Gasteiger partial charge in [-0.15, -0.1) is 0 Å². The summed E-state index contributed by atoms with van der Waals surface area (Å²) in [6, 6.07) is 1.35. The average molecular weight is 211 g/mol. The molecule has 0 fully saturated rings. The summed E-state index contributed by atoms with van der Waals surface area (Å²) < 4.78 is 47.1. The SMILES string of the molecule is CCCC(F)(F)CS(=O)(=O)CC#N. The Labute approximate surface area is 76.3 Å². The molecule has 0 saturated carbocycles. The highest BCUT2D eigenvalue weighted by atomic mass is 32.2. The van der Waals surface area contributed by atoms with Crippen LogP contribution < -0.4 is 0 Å². The van der Waals surface area contributed by atoms with Crippen molar-refractivity contribution in [3.8, 4) is 6.07 Å². The van der Waals surface area contributed by atoms with Gasteiger partial charge < -0.3 is 0 Å². The Hall–Kier alpha value is -0.700. The lowest BCUT2D eigenvalue weighted by molar-refractivity contribution is 0.0160. The van der Waals surface area contributed by atoms with Gasteiger partial charge in [-0.3, -0.25) is 0 Å². The Balaban J connectivity index is 4.36. The lowest BCUT2D eigenvalue weighted by Crippen LogP contribution is -2.28. The van der Waals surface area contributed by atoms with Crippen LogP contribution in [0, 0.1) is 11.3 Å². The topological polar surface area (TPSA) is 57.9 Å². The number of sulfone groups is 1. The maximum atomic E-state index is 12.8. The smallest absolute Gasteiger partial charge is 0.228 e. The highest BCUT2D eigenvalue weighted by Gasteiger charge is 2.34. The van der Waals surface area contributed by atoms with Crippen LogP contribution in [0.2, 0.25) is 0 Å². The second kappa shape index (κ2) is 4.51. The van der Waals surface area contributed by atoms with Gasteiger partial charge in [-0.2, -0.15) is 5.26 Å². The van der Waals surface area contributed by atoms with Crippen LogP contribution in [0.15, 0.2) is 0 Å². The molecule has 0 aliphatic heterocycles. The molecule has 76 valence electrons. The van der Waals surface area contributed by atoms with E-state index in [0.717, 1.165) is 0 Å². The molecule has 0 bridgehead atoms. The predicted molar refractivity (Wildman–Crippen MR) is 44.1 cm³/mol. The van der Waals surface area contributed by atoms with Crippen molar-refractivity contribution in [1.29, 1.82) is 5.26 Å². The molecule has 0 saturated heterocycles. The Kier molecular flexibility index (Phi) is 4.27. The molecule has 0 radical (unpaired) electrons. The van der Waals surface area contributed by atoms with Crippen LogP contribution in [-0.4, -0.2) is 25.8 Å². The Bertz CT molecular complexity index is 292. The molecule has 0 aromatic carbocycles. The monoisotopic (exact) mass is 211 g/mol. The fourth-order valence-electron chi connectivity index (χ4n) is 0.909. The van der Waals surface area contributed by atoms with E-state index in [1.807, 2.05) is 0 Å².